The summed E-state index contributed by atoms with van der Waals surface area (Å²) in [6, 6.07) is 1.62. The lowest BCUT2D eigenvalue weighted by Gasteiger charge is -2.24. The topological polar surface area (TPSA) is 92.9 Å². The fourth-order valence-electron chi connectivity index (χ4n) is 2.77. The molecule has 2 N–H and O–H groups in total. The molecule has 1 unspecified atom stereocenters. The van der Waals surface area contributed by atoms with Crippen molar-refractivity contribution in [1.82, 2.24) is 15.2 Å². The Morgan fingerprint density at radius 3 is 2.64 bits per heavy atom. The maximum absolute atomic E-state index is 12.2. The highest BCUT2D eigenvalue weighted by molar-refractivity contribution is 5.90. The van der Waals surface area contributed by atoms with Crippen LogP contribution in [-0.4, -0.2) is 67.0 Å². The molecule has 1 fully saturated rings. The zero-order chi connectivity index (χ0) is 18.6. The molecule has 1 aromatic heterocycles. The van der Waals surface area contributed by atoms with Crippen molar-refractivity contribution in [2.24, 2.45) is 0 Å². The number of methoxy groups -OCH3 is 2. The van der Waals surface area contributed by atoms with E-state index in [1.54, 1.807) is 24.3 Å². The first-order chi connectivity index (χ1) is 11.7. The van der Waals surface area contributed by atoms with E-state index in [1.165, 1.54) is 7.11 Å². The van der Waals surface area contributed by atoms with E-state index in [9.17, 15) is 9.59 Å². The summed E-state index contributed by atoms with van der Waals surface area (Å²) in [4.78, 5) is 28.6. The molecule has 0 aromatic carbocycles. The van der Waals surface area contributed by atoms with Crippen LogP contribution in [-0.2, 0) is 20.8 Å². The Hall–Kier alpha value is -2.06. The molecule has 1 aromatic rings. The summed E-state index contributed by atoms with van der Waals surface area (Å²) < 4.78 is 15.7. The predicted molar refractivity (Wildman–Crippen MR) is 91.4 cm³/mol. The van der Waals surface area contributed by atoms with Gasteiger partial charge >= 0.3 is 12.1 Å². The molecule has 2 atom stereocenters. The van der Waals surface area contributed by atoms with Crippen molar-refractivity contribution >= 4 is 12.1 Å². The van der Waals surface area contributed by atoms with Crippen LogP contribution in [0.3, 0.4) is 0 Å². The number of nitrogens with zero attached hydrogens (tertiary/aromatic N) is 1. The molecule has 0 radical (unpaired) electrons. The molecule has 2 heterocycles. The number of aromatic amines is 1. The summed E-state index contributed by atoms with van der Waals surface area (Å²) in [6.45, 7) is 6.88. The van der Waals surface area contributed by atoms with Gasteiger partial charge in [-0.2, -0.15) is 0 Å². The highest BCUT2D eigenvalue weighted by Gasteiger charge is 2.37. The Balaban J connectivity index is 1.96. The zero-order valence-corrected chi connectivity index (χ0v) is 15.4. The number of hydrogen-bond acceptors (Lipinski definition) is 6. The Labute approximate surface area is 147 Å². The molecule has 8 nitrogen and oxygen atoms in total. The minimum absolute atomic E-state index is 0.0636. The van der Waals surface area contributed by atoms with Crippen LogP contribution in [0.15, 0.2) is 12.3 Å². The van der Waals surface area contributed by atoms with Crippen molar-refractivity contribution in [3.8, 4) is 0 Å². The minimum atomic E-state index is -0.537. The lowest BCUT2D eigenvalue weighted by atomic mass is 10.2. The monoisotopic (exact) mass is 353 g/mol. The van der Waals surface area contributed by atoms with Gasteiger partial charge in [-0.05, 0) is 26.8 Å². The van der Waals surface area contributed by atoms with Gasteiger partial charge in [0.15, 0.2) is 0 Å². The Morgan fingerprint density at radius 2 is 2.04 bits per heavy atom. The molecule has 0 saturated carbocycles. The maximum atomic E-state index is 12.2. The fourth-order valence-corrected chi connectivity index (χ4v) is 2.77. The molecule has 1 aliphatic heterocycles. The van der Waals surface area contributed by atoms with E-state index < -0.39 is 5.60 Å². The second-order valence-corrected chi connectivity index (χ2v) is 7.01. The van der Waals surface area contributed by atoms with Gasteiger partial charge in [-0.15, -0.1) is 0 Å². The molecule has 140 valence electrons. The van der Waals surface area contributed by atoms with Gasteiger partial charge in [0, 0.05) is 32.1 Å². The minimum Gasteiger partial charge on any atom is -0.465 e. The quantitative estimate of drug-likeness (QED) is 0.780. The van der Waals surface area contributed by atoms with Gasteiger partial charge in [0.05, 0.1) is 31.4 Å². The molecule has 1 amide bonds. The summed E-state index contributed by atoms with van der Waals surface area (Å²) in [7, 11) is 2.97. The third kappa shape index (κ3) is 4.96. The molecule has 0 spiro atoms. The molecular weight excluding hydrogens is 326 g/mol. The van der Waals surface area contributed by atoms with E-state index in [-0.39, 0.29) is 24.2 Å². The molecule has 0 aliphatic carbocycles. The average molecular weight is 353 g/mol. The van der Waals surface area contributed by atoms with Crippen LogP contribution in [0.5, 0.6) is 0 Å². The van der Waals surface area contributed by atoms with E-state index >= 15 is 0 Å². The number of ether oxygens (including phenoxy) is 3. The van der Waals surface area contributed by atoms with Crippen molar-refractivity contribution in [2.45, 2.75) is 45.1 Å². The second kappa shape index (κ2) is 7.88. The van der Waals surface area contributed by atoms with Crippen molar-refractivity contribution < 1.29 is 23.8 Å². The fraction of sp³-hybridized carbons (Fsp3) is 0.647. The Morgan fingerprint density at radius 1 is 1.32 bits per heavy atom. The maximum Gasteiger partial charge on any atom is 0.410 e. The number of amides is 1. The summed E-state index contributed by atoms with van der Waals surface area (Å²) in [5, 5.41) is 3.34. The summed E-state index contributed by atoms with van der Waals surface area (Å²) in [5.41, 5.74) is 0.688. The second-order valence-electron chi connectivity index (χ2n) is 7.01. The highest BCUT2D eigenvalue weighted by Crippen LogP contribution is 2.18. The van der Waals surface area contributed by atoms with Gasteiger partial charge in [-0.3, -0.25) is 0 Å². The van der Waals surface area contributed by atoms with Gasteiger partial charge in [0.1, 0.15) is 5.60 Å². The van der Waals surface area contributed by atoms with Crippen molar-refractivity contribution in [1.29, 1.82) is 0 Å². The SMILES string of the molecule is COC(=O)c1cc[nH]c1CNC1CN(C(=O)OC(C)(C)C)C[C@@H]1OC. The van der Waals surface area contributed by atoms with Crippen LogP contribution in [0.1, 0.15) is 36.8 Å². The molecule has 0 bridgehead atoms. The smallest absolute Gasteiger partial charge is 0.410 e. The van der Waals surface area contributed by atoms with E-state index in [2.05, 4.69) is 10.3 Å². The Bertz CT molecular complexity index is 608. The van der Waals surface area contributed by atoms with E-state index in [4.69, 9.17) is 14.2 Å². The standard InChI is InChI=1S/C17H27N3O5/c1-17(2,3)25-16(22)20-9-13(14(10-20)23-4)19-8-12-11(6-7-18-12)15(21)24-5/h6-7,13-14,18-19H,8-10H2,1-5H3/t13?,14-/m0/s1. The summed E-state index contributed by atoms with van der Waals surface area (Å²) in [5.74, 6) is -0.386. The van der Waals surface area contributed by atoms with E-state index in [0.717, 1.165) is 5.69 Å². The van der Waals surface area contributed by atoms with Gasteiger partial charge < -0.3 is 29.4 Å². The number of hydrogen-bond donors (Lipinski definition) is 2. The van der Waals surface area contributed by atoms with Crippen LogP contribution in [0.4, 0.5) is 4.79 Å². The van der Waals surface area contributed by atoms with Crippen molar-refractivity contribution in [3.63, 3.8) is 0 Å². The molecule has 1 saturated heterocycles. The van der Waals surface area contributed by atoms with Crippen LogP contribution in [0.25, 0.3) is 0 Å². The zero-order valence-electron chi connectivity index (χ0n) is 15.4. The number of carbonyl (C=O) groups is 2. The molecule has 25 heavy (non-hydrogen) atoms. The molecular formula is C17H27N3O5. The van der Waals surface area contributed by atoms with Crippen LogP contribution in [0, 0.1) is 0 Å². The number of carbonyl (C=O) groups excluding carboxylic acids is 2. The van der Waals surface area contributed by atoms with E-state index in [0.29, 0.717) is 25.2 Å². The van der Waals surface area contributed by atoms with Crippen LogP contribution in [0.2, 0.25) is 0 Å². The number of nitrogens with one attached hydrogen (secondary N) is 2. The predicted octanol–water partition coefficient (Wildman–Crippen LogP) is 1.53. The van der Waals surface area contributed by atoms with Crippen LogP contribution < -0.4 is 5.32 Å². The van der Waals surface area contributed by atoms with Crippen molar-refractivity contribution in [3.05, 3.63) is 23.5 Å². The lowest BCUT2D eigenvalue weighted by molar-refractivity contribution is 0.0252. The average Bonchev–Trinajstić information content (AvgIpc) is 3.16. The van der Waals surface area contributed by atoms with Gasteiger partial charge in [0.25, 0.3) is 0 Å². The Kier molecular flexibility index (Phi) is 6.07. The largest absolute Gasteiger partial charge is 0.465 e. The van der Waals surface area contributed by atoms with Gasteiger partial charge in [-0.25, -0.2) is 9.59 Å². The van der Waals surface area contributed by atoms with Gasteiger partial charge in [-0.1, -0.05) is 0 Å². The summed E-state index contributed by atoms with van der Waals surface area (Å²) >= 11 is 0. The molecule has 1 aliphatic rings. The van der Waals surface area contributed by atoms with Crippen molar-refractivity contribution in [2.75, 3.05) is 27.3 Å². The first-order valence-electron chi connectivity index (χ1n) is 8.24. The van der Waals surface area contributed by atoms with E-state index in [1.807, 2.05) is 20.8 Å². The number of likely N-dealkylation sites (tertiary alicyclic amines) is 1. The third-order valence-corrected chi connectivity index (χ3v) is 4.00. The first kappa shape index (κ1) is 19.3. The van der Waals surface area contributed by atoms with Gasteiger partial charge in [0.2, 0.25) is 0 Å². The normalized spacial score (nSPS) is 20.6. The number of H-pyrrole nitrogens is 1. The summed E-state index contributed by atoms with van der Waals surface area (Å²) in [6.07, 6.45) is 1.19. The number of esters is 1. The third-order valence-electron chi connectivity index (χ3n) is 4.00. The lowest BCUT2D eigenvalue weighted by Crippen LogP contribution is -2.40. The van der Waals surface area contributed by atoms with Crippen LogP contribution >= 0.6 is 0 Å². The molecule has 2 rings (SSSR count). The molecule has 8 heteroatoms. The highest BCUT2D eigenvalue weighted by atomic mass is 16.6. The number of aromatic nitrogens is 1. The first-order valence-corrected chi connectivity index (χ1v) is 8.24. The number of rotatable bonds is 5.